The number of hydrogen-bond donors (Lipinski definition) is 4. The van der Waals surface area contributed by atoms with Gasteiger partial charge in [0.15, 0.2) is 0 Å². The summed E-state index contributed by atoms with van der Waals surface area (Å²) >= 11 is 0. The minimum atomic E-state index is -0.0666. The molecule has 4 N–H and O–H groups in total. The van der Waals surface area contributed by atoms with E-state index in [9.17, 15) is 9.59 Å². The van der Waals surface area contributed by atoms with Gasteiger partial charge in [-0.05, 0) is 67.5 Å². The molecule has 0 atom stereocenters. The lowest BCUT2D eigenvalue weighted by Crippen LogP contribution is -2.24. The predicted octanol–water partition coefficient (Wildman–Crippen LogP) is 12.6. The van der Waals surface area contributed by atoms with Gasteiger partial charge in [-0.25, -0.2) is 0 Å². The third-order valence-corrected chi connectivity index (χ3v) is 11.1. The molecule has 8 heteroatoms. The summed E-state index contributed by atoms with van der Waals surface area (Å²) in [6.07, 6.45) is 18.2. The Hall–Kier alpha value is -4.72. The highest BCUT2D eigenvalue weighted by atomic mass is 16.5. The van der Waals surface area contributed by atoms with Crippen molar-refractivity contribution in [3.05, 3.63) is 59.7 Å². The molecule has 0 radical (unpaired) electrons. The number of amides is 2. The van der Waals surface area contributed by atoms with Gasteiger partial charge >= 0.3 is 0 Å². The maximum absolute atomic E-state index is 13.2. The van der Waals surface area contributed by atoms with Gasteiger partial charge in [0.2, 0.25) is 0 Å². The molecule has 8 nitrogen and oxygen atoms in total. The fraction of sp³-hybridized carbons (Fsp3) is 0.500. The van der Waals surface area contributed by atoms with E-state index in [1.807, 2.05) is 24.3 Å². The average molecular weight is 761 g/mol. The second-order valence-electron chi connectivity index (χ2n) is 15.6. The molecule has 0 saturated carbocycles. The average Bonchev–Trinajstić information content (AvgIpc) is 3.78. The van der Waals surface area contributed by atoms with Crippen LogP contribution < -0.4 is 20.1 Å². The molecule has 56 heavy (non-hydrogen) atoms. The monoisotopic (exact) mass is 760 g/mol. The molecule has 6 aromatic rings. The smallest absolute Gasteiger partial charge is 0.251 e. The van der Waals surface area contributed by atoms with E-state index in [2.05, 4.69) is 72.6 Å². The van der Waals surface area contributed by atoms with Crippen molar-refractivity contribution in [1.29, 1.82) is 0 Å². The Morgan fingerprint density at radius 1 is 0.500 bits per heavy atom. The summed E-state index contributed by atoms with van der Waals surface area (Å²) in [6, 6.07) is 16.2. The Bertz CT molecular complexity index is 2080. The summed E-state index contributed by atoms with van der Waals surface area (Å²) in [4.78, 5) is 33.8. The Balaban J connectivity index is 1.48. The van der Waals surface area contributed by atoms with Crippen LogP contribution >= 0.6 is 0 Å². The van der Waals surface area contributed by atoms with Gasteiger partial charge in [-0.3, -0.25) is 9.59 Å². The third-order valence-electron chi connectivity index (χ3n) is 11.1. The molecule has 2 aromatic heterocycles. The molecule has 2 heterocycles. The molecular formula is C48H64N4O4. The van der Waals surface area contributed by atoms with E-state index in [1.165, 1.54) is 51.4 Å². The number of rotatable bonds is 24. The standard InChI is InChI=1S/C48H64N4O4/c1-5-9-13-15-17-19-27-55-40-31-35-32-41(56-28-20-18-16-14-10-6-2)44-37-24-22-34(48(54)50-26-12-8-4)30-39(37)52-46(44)42(35)45-43(40)36-23-21-33(29-38(36)51-45)47(53)49-25-11-7-3/h21-24,29-32,51-52H,5-20,25-28H2,1-4H3,(H,49,53)(H,50,54). The van der Waals surface area contributed by atoms with E-state index in [0.29, 0.717) is 37.4 Å². The van der Waals surface area contributed by atoms with Gasteiger partial charge in [0.05, 0.1) is 35.0 Å². The van der Waals surface area contributed by atoms with Gasteiger partial charge in [0.1, 0.15) is 11.5 Å². The number of carbonyl (C=O) groups excluding carboxylic acids is 2. The number of aromatic nitrogens is 2. The number of nitrogens with one attached hydrogen (secondary N) is 4. The van der Waals surface area contributed by atoms with E-state index in [4.69, 9.17) is 9.47 Å². The molecule has 0 spiro atoms. The lowest BCUT2D eigenvalue weighted by molar-refractivity contribution is 0.0945. The van der Waals surface area contributed by atoms with Crippen LogP contribution in [0, 0.1) is 0 Å². The van der Waals surface area contributed by atoms with Crippen molar-refractivity contribution in [2.75, 3.05) is 26.3 Å². The summed E-state index contributed by atoms with van der Waals surface area (Å²) in [7, 11) is 0. The molecule has 0 fully saturated rings. The number of benzene rings is 4. The first-order valence-electron chi connectivity index (χ1n) is 21.8. The first-order chi connectivity index (χ1) is 27.5. The van der Waals surface area contributed by atoms with E-state index in [0.717, 1.165) is 117 Å². The van der Waals surface area contributed by atoms with Gasteiger partial charge in [-0.15, -0.1) is 0 Å². The Kier molecular flexibility index (Phi) is 14.9. The molecule has 0 aliphatic carbocycles. The second-order valence-corrected chi connectivity index (χ2v) is 15.6. The highest BCUT2D eigenvalue weighted by molar-refractivity contribution is 6.30. The molecule has 0 aliphatic rings. The summed E-state index contributed by atoms with van der Waals surface area (Å²) in [5, 5.41) is 12.2. The van der Waals surface area contributed by atoms with E-state index >= 15 is 0 Å². The van der Waals surface area contributed by atoms with E-state index < -0.39 is 0 Å². The van der Waals surface area contributed by atoms with Crippen molar-refractivity contribution < 1.29 is 19.1 Å². The van der Waals surface area contributed by atoms with Crippen LogP contribution in [0.1, 0.15) is 151 Å². The molecule has 2 amide bonds. The van der Waals surface area contributed by atoms with Crippen LogP contribution in [0.3, 0.4) is 0 Å². The van der Waals surface area contributed by atoms with Crippen molar-refractivity contribution in [3.8, 4) is 11.5 Å². The van der Waals surface area contributed by atoms with Gasteiger partial charge in [-0.2, -0.15) is 0 Å². The quantitative estimate of drug-likeness (QED) is 0.0461. The zero-order valence-electron chi connectivity index (χ0n) is 34.4. The topological polar surface area (TPSA) is 108 Å². The molecule has 4 aromatic carbocycles. The SMILES string of the molecule is CCCCCCCCOc1cc2cc(OCCCCCCCC)c3c4ccc(C(=O)NCCCC)cc4[nH]c3c2c2[nH]c3cc(C(=O)NCCCC)ccc3c12. The zero-order valence-corrected chi connectivity index (χ0v) is 34.4. The molecule has 0 bridgehead atoms. The zero-order chi connectivity index (χ0) is 39.3. The number of fused-ring (bicyclic) bond motifs is 9. The number of ether oxygens (including phenoxy) is 2. The van der Waals surface area contributed by atoms with Crippen LogP contribution in [-0.4, -0.2) is 48.1 Å². The number of H-pyrrole nitrogens is 2. The van der Waals surface area contributed by atoms with E-state index in [1.54, 1.807) is 0 Å². The van der Waals surface area contributed by atoms with Crippen molar-refractivity contribution in [1.82, 2.24) is 20.6 Å². The Morgan fingerprint density at radius 2 is 0.911 bits per heavy atom. The number of aromatic amines is 2. The highest BCUT2D eigenvalue weighted by Gasteiger charge is 2.22. The maximum Gasteiger partial charge on any atom is 0.251 e. The van der Waals surface area contributed by atoms with Crippen LogP contribution in [0.2, 0.25) is 0 Å². The van der Waals surface area contributed by atoms with Gasteiger partial charge in [0, 0.05) is 51.4 Å². The summed E-state index contributed by atoms with van der Waals surface area (Å²) < 4.78 is 13.4. The minimum Gasteiger partial charge on any atom is -0.493 e. The van der Waals surface area contributed by atoms with Crippen LogP contribution in [0.4, 0.5) is 0 Å². The van der Waals surface area contributed by atoms with Crippen molar-refractivity contribution in [2.24, 2.45) is 0 Å². The minimum absolute atomic E-state index is 0.0666. The van der Waals surface area contributed by atoms with Crippen molar-refractivity contribution >= 4 is 66.2 Å². The number of carbonyl (C=O) groups is 2. The summed E-state index contributed by atoms with van der Waals surface area (Å²) in [5.41, 5.74) is 4.94. The van der Waals surface area contributed by atoms with Gasteiger partial charge < -0.3 is 30.1 Å². The maximum atomic E-state index is 13.2. The summed E-state index contributed by atoms with van der Waals surface area (Å²) in [5.74, 6) is 1.53. The lowest BCUT2D eigenvalue weighted by Gasteiger charge is -2.14. The number of hydrogen-bond acceptors (Lipinski definition) is 4. The predicted molar refractivity (Wildman–Crippen MR) is 235 cm³/mol. The Morgan fingerprint density at radius 3 is 1.34 bits per heavy atom. The normalized spacial score (nSPS) is 11.7. The first kappa shape index (κ1) is 40.9. The first-order valence-corrected chi connectivity index (χ1v) is 21.8. The van der Waals surface area contributed by atoms with Crippen molar-refractivity contribution in [3.63, 3.8) is 0 Å². The fourth-order valence-electron chi connectivity index (χ4n) is 7.91. The second kappa shape index (κ2) is 20.4. The molecule has 0 saturated heterocycles. The van der Waals surface area contributed by atoms with E-state index in [-0.39, 0.29) is 11.8 Å². The highest BCUT2D eigenvalue weighted by Crippen LogP contribution is 2.46. The molecule has 0 aliphatic heterocycles. The third kappa shape index (κ3) is 9.62. The van der Waals surface area contributed by atoms with Crippen LogP contribution in [0.25, 0.3) is 54.4 Å². The fourth-order valence-corrected chi connectivity index (χ4v) is 7.91. The van der Waals surface area contributed by atoms with Gasteiger partial charge in [-0.1, -0.05) is 117 Å². The summed E-state index contributed by atoms with van der Waals surface area (Å²) in [6.45, 7) is 11.3. The molecule has 0 unspecified atom stereocenters. The number of unbranched alkanes of at least 4 members (excludes halogenated alkanes) is 12. The van der Waals surface area contributed by atoms with Crippen LogP contribution in [0.5, 0.6) is 11.5 Å². The van der Waals surface area contributed by atoms with Crippen LogP contribution in [-0.2, 0) is 0 Å². The molecule has 6 rings (SSSR count). The largest absolute Gasteiger partial charge is 0.493 e. The molecule has 300 valence electrons. The lowest BCUT2D eigenvalue weighted by atomic mass is 10.00. The van der Waals surface area contributed by atoms with Crippen molar-refractivity contribution in [2.45, 2.75) is 130 Å². The van der Waals surface area contributed by atoms with Crippen LogP contribution in [0.15, 0.2) is 48.5 Å². The Labute approximate surface area is 332 Å². The molecular weight excluding hydrogens is 697 g/mol. The van der Waals surface area contributed by atoms with Gasteiger partial charge in [0.25, 0.3) is 11.8 Å².